The number of carboxylic acid groups (broad SMARTS) is 1. The number of carbonyl (C=O) groups is 3. The average Bonchev–Trinajstić information content (AvgIpc) is 3.14. The Morgan fingerprint density at radius 1 is 1.14 bits per heavy atom. The molecule has 2 heterocycles. The first-order valence-electron chi connectivity index (χ1n) is 8.15. The van der Waals surface area contributed by atoms with E-state index < -0.39 is 24.3 Å². The van der Waals surface area contributed by atoms with Gasteiger partial charge in [-0.2, -0.15) is 0 Å². The highest BCUT2D eigenvalue weighted by Crippen LogP contribution is 2.42. The van der Waals surface area contributed by atoms with Crippen LogP contribution in [0.3, 0.4) is 0 Å². The van der Waals surface area contributed by atoms with Crippen molar-refractivity contribution >= 4 is 63.3 Å². The molecule has 4 rings (SSSR count). The minimum Gasteiger partial charge on any atom is -0.480 e. The third kappa shape index (κ3) is 3.28. The zero-order valence-corrected chi connectivity index (χ0v) is 15.8. The van der Waals surface area contributed by atoms with Gasteiger partial charge in [-0.05, 0) is 42.1 Å². The highest BCUT2D eigenvalue weighted by Gasteiger charge is 2.39. The van der Waals surface area contributed by atoms with Crippen LogP contribution in [0.2, 0.25) is 5.02 Å². The van der Waals surface area contributed by atoms with Gasteiger partial charge in [0, 0.05) is 10.6 Å². The van der Waals surface area contributed by atoms with Crippen LogP contribution in [-0.2, 0) is 14.4 Å². The molecule has 0 atom stereocenters. The highest BCUT2D eigenvalue weighted by atomic mass is 35.5. The number of amides is 2. The molecular weight excluding hydrogens is 402 g/mol. The van der Waals surface area contributed by atoms with Crippen LogP contribution in [-0.4, -0.2) is 34.6 Å². The van der Waals surface area contributed by atoms with Crippen molar-refractivity contribution in [3.05, 3.63) is 64.0 Å². The first-order valence-corrected chi connectivity index (χ1v) is 9.34. The number of carbonyl (C=O) groups excluding carboxylic acids is 2. The number of para-hydroxylation sites is 1. The van der Waals surface area contributed by atoms with Crippen molar-refractivity contribution in [3.8, 4) is 0 Å². The number of fused-ring (bicyclic) bond motifs is 1. The summed E-state index contributed by atoms with van der Waals surface area (Å²) in [7, 11) is 0. The number of hydrogen-bond acceptors (Lipinski definition) is 5. The molecule has 0 radical (unpaired) electrons. The molecule has 0 spiro atoms. The van der Waals surface area contributed by atoms with Crippen molar-refractivity contribution in [3.63, 3.8) is 0 Å². The quantitative estimate of drug-likeness (QED) is 0.753. The smallest absolute Gasteiger partial charge is 0.323 e. The van der Waals surface area contributed by atoms with Crippen molar-refractivity contribution in [1.82, 2.24) is 5.32 Å². The van der Waals surface area contributed by atoms with E-state index in [4.69, 9.17) is 16.7 Å². The van der Waals surface area contributed by atoms with Crippen molar-refractivity contribution in [2.75, 3.05) is 11.4 Å². The number of rotatable bonds is 3. The van der Waals surface area contributed by atoms with Gasteiger partial charge in [0.1, 0.15) is 6.54 Å². The Bertz CT molecular complexity index is 1080. The fourth-order valence-corrected chi connectivity index (χ4v) is 4.02. The summed E-state index contributed by atoms with van der Waals surface area (Å²) in [5, 5.41) is 12.7. The molecule has 0 aliphatic carbocycles. The lowest BCUT2D eigenvalue weighted by Gasteiger charge is -2.13. The van der Waals surface area contributed by atoms with Crippen molar-refractivity contribution in [1.29, 1.82) is 0 Å². The molecule has 1 fully saturated rings. The largest absolute Gasteiger partial charge is 0.480 e. The van der Waals surface area contributed by atoms with Gasteiger partial charge in [0.25, 0.3) is 11.8 Å². The summed E-state index contributed by atoms with van der Waals surface area (Å²) in [5.74, 6) is -2.11. The minimum absolute atomic E-state index is 0.181. The second kappa shape index (κ2) is 7.14. The van der Waals surface area contributed by atoms with Crippen LogP contribution < -0.4 is 10.2 Å². The minimum atomic E-state index is -1.14. The highest BCUT2D eigenvalue weighted by molar-refractivity contribution is 8.18. The van der Waals surface area contributed by atoms with Gasteiger partial charge in [0.05, 0.1) is 21.9 Å². The molecule has 9 heteroatoms. The number of carboxylic acids is 1. The predicted molar refractivity (Wildman–Crippen MR) is 108 cm³/mol. The van der Waals surface area contributed by atoms with Gasteiger partial charge in [0.15, 0.2) is 5.17 Å². The molecule has 2 N–H and O–H groups in total. The molecule has 2 amide bonds. The number of aliphatic carboxylic acids is 1. The molecule has 0 aromatic heterocycles. The summed E-state index contributed by atoms with van der Waals surface area (Å²) in [6.45, 7) is -0.482. The first kappa shape index (κ1) is 18.3. The van der Waals surface area contributed by atoms with E-state index in [1.165, 1.54) is 0 Å². The molecule has 2 aliphatic rings. The third-order valence-corrected chi connectivity index (χ3v) is 5.36. The van der Waals surface area contributed by atoms with Gasteiger partial charge in [-0.3, -0.25) is 19.3 Å². The van der Waals surface area contributed by atoms with E-state index in [-0.39, 0.29) is 10.5 Å². The van der Waals surface area contributed by atoms with Crippen LogP contribution in [0, 0.1) is 0 Å². The number of thioether (sulfide) groups is 1. The maximum absolute atomic E-state index is 12.9. The maximum Gasteiger partial charge on any atom is 0.323 e. The summed E-state index contributed by atoms with van der Waals surface area (Å²) in [4.78, 5) is 42.3. The molecule has 0 unspecified atom stereocenters. The predicted octanol–water partition coefficient (Wildman–Crippen LogP) is 3.03. The van der Waals surface area contributed by atoms with Crippen molar-refractivity contribution < 1.29 is 19.5 Å². The normalized spacial score (nSPS) is 19.9. The average molecular weight is 414 g/mol. The number of benzene rings is 2. The number of nitrogens with one attached hydrogen (secondary N) is 1. The van der Waals surface area contributed by atoms with E-state index in [1.807, 2.05) is 0 Å². The van der Waals surface area contributed by atoms with Crippen molar-refractivity contribution in [2.45, 2.75) is 0 Å². The fourth-order valence-electron chi connectivity index (χ4n) is 2.96. The number of amidine groups is 1. The Morgan fingerprint density at radius 3 is 2.57 bits per heavy atom. The van der Waals surface area contributed by atoms with E-state index in [0.717, 1.165) is 16.7 Å². The van der Waals surface area contributed by atoms with Crippen LogP contribution in [0.4, 0.5) is 11.4 Å². The summed E-state index contributed by atoms with van der Waals surface area (Å²) in [6, 6.07) is 13.6. The van der Waals surface area contributed by atoms with Gasteiger partial charge in [-0.15, -0.1) is 0 Å². The van der Waals surface area contributed by atoms with Crippen LogP contribution in [0.15, 0.2) is 58.4 Å². The molecule has 2 aromatic rings. The van der Waals surface area contributed by atoms with Gasteiger partial charge in [-0.25, -0.2) is 4.99 Å². The molecule has 28 heavy (non-hydrogen) atoms. The van der Waals surface area contributed by atoms with E-state index in [9.17, 15) is 14.4 Å². The topological polar surface area (TPSA) is 99.1 Å². The molecule has 140 valence electrons. The zero-order chi connectivity index (χ0) is 19.8. The van der Waals surface area contributed by atoms with Crippen LogP contribution in [0.5, 0.6) is 0 Å². The molecule has 2 aromatic carbocycles. The lowest BCUT2D eigenvalue weighted by molar-refractivity contribution is -0.136. The summed E-state index contributed by atoms with van der Waals surface area (Å²) < 4.78 is 0. The number of hydrogen-bond donors (Lipinski definition) is 2. The number of nitrogens with zero attached hydrogens (tertiary/aromatic N) is 2. The zero-order valence-electron chi connectivity index (χ0n) is 14.2. The molecule has 0 saturated carbocycles. The first-order chi connectivity index (χ1) is 13.4. The van der Waals surface area contributed by atoms with Crippen LogP contribution >= 0.6 is 23.4 Å². The molecular formula is C19H12ClN3O4S. The van der Waals surface area contributed by atoms with Crippen LogP contribution in [0.25, 0.3) is 5.57 Å². The summed E-state index contributed by atoms with van der Waals surface area (Å²) in [6.07, 6.45) is 0. The second-order valence-corrected chi connectivity index (χ2v) is 7.39. The van der Waals surface area contributed by atoms with Crippen molar-refractivity contribution in [2.24, 2.45) is 4.99 Å². The summed E-state index contributed by atoms with van der Waals surface area (Å²) >= 11 is 6.90. The third-order valence-electron chi connectivity index (χ3n) is 4.13. The Labute approximate surface area is 168 Å². The Morgan fingerprint density at radius 2 is 1.86 bits per heavy atom. The van der Waals surface area contributed by atoms with E-state index in [0.29, 0.717) is 27.1 Å². The monoisotopic (exact) mass is 413 g/mol. The Hall–Kier alpha value is -3.10. The van der Waals surface area contributed by atoms with Gasteiger partial charge < -0.3 is 10.4 Å². The molecule has 1 saturated heterocycles. The van der Waals surface area contributed by atoms with Crippen LogP contribution in [0.1, 0.15) is 5.56 Å². The fraction of sp³-hybridized carbons (Fsp3) is 0.0526. The molecule has 7 nitrogen and oxygen atoms in total. The molecule has 2 aliphatic heterocycles. The van der Waals surface area contributed by atoms with E-state index >= 15 is 0 Å². The van der Waals surface area contributed by atoms with Gasteiger partial charge in [0.2, 0.25) is 0 Å². The SMILES string of the molecule is O=C(O)CN1C(=O)/C(=C2/SC(=Nc3ccc(Cl)cc3)NC2=O)c2ccccc21. The van der Waals surface area contributed by atoms with Gasteiger partial charge >= 0.3 is 5.97 Å². The Kier molecular flexibility index (Phi) is 4.66. The van der Waals surface area contributed by atoms with E-state index in [1.54, 1.807) is 48.5 Å². The van der Waals surface area contributed by atoms with E-state index in [2.05, 4.69) is 10.3 Å². The maximum atomic E-state index is 12.9. The lowest BCUT2D eigenvalue weighted by Crippen LogP contribution is -2.32. The lowest BCUT2D eigenvalue weighted by atomic mass is 10.1. The standard InChI is InChI=1S/C19H12ClN3O4S/c20-10-5-7-11(8-6-10)21-19-22-17(26)16(28-19)15-12-3-1-2-4-13(12)23(18(15)27)9-14(24)25/h1-8H,9H2,(H,24,25)(H,21,22,26)/b16-15+. The Balaban J connectivity index is 1.74. The number of anilines is 1. The summed E-state index contributed by atoms with van der Waals surface area (Å²) in [5.41, 5.74) is 1.78. The molecule has 0 bridgehead atoms. The second-order valence-electron chi connectivity index (χ2n) is 5.96. The number of halogens is 1. The number of aliphatic imine (C=N–C) groups is 1. The van der Waals surface area contributed by atoms with Gasteiger partial charge in [-0.1, -0.05) is 29.8 Å².